The molecule has 0 aromatic heterocycles. The van der Waals surface area contributed by atoms with Crippen LogP contribution in [-0.2, 0) is 14.3 Å². The lowest BCUT2D eigenvalue weighted by Gasteiger charge is -2.32. The van der Waals surface area contributed by atoms with Gasteiger partial charge in [-0.15, -0.1) is 0 Å². The van der Waals surface area contributed by atoms with Crippen LogP contribution in [0.4, 0.5) is 13.2 Å². The Bertz CT molecular complexity index is 359. The molecule has 0 saturated carbocycles. The van der Waals surface area contributed by atoms with Crippen LogP contribution >= 0.6 is 0 Å². The molecular weight excluding hydrogens is 275 g/mol. The maximum absolute atomic E-state index is 13.1. The largest absolute Gasteiger partial charge is 0.452 e. The van der Waals surface area contributed by atoms with Crippen LogP contribution in [0, 0.1) is 17.3 Å². The highest BCUT2D eigenvalue weighted by atomic mass is 19.4. The van der Waals surface area contributed by atoms with Gasteiger partial charge in [-0.2, -0.15) is 13.2 Å². The first kappa shape index (κ1) is 18.7. The Morgan fingerprint density at radius 1 is 1.15 bits per heavy atom. The Kier molecular flexibility index (Phi) is 6.04. The molecule has 0 aliphatic carbocycles. The molecule has 0 bridgehead atoms. The molecule has 1 amide bonds. The summed E-state index contributed by atoms with van der Waals surface area (Å²) in [6.45, 7) is 7.43. The van der Waals surface area contributed by atoms with Gasteiger partial charge in [0.2, 0.25) is 12.0 Å². The quantitative estimate of drug-likeness (QED) is 0.793. The van der Waals surface area contributed by atoms with E-state index in [1.807, 2.05) is 0 Å². The summed E-state index contributed by atoms with van der Waals surface area (Å²) in [5.74, 6) is -3.53. The first-order chi connectivity index (χ1) is 8.76. The van der Waals surface area contributed by atoms with Gasteiger partial charge in [0, 0.05) is 12.3 Å². The van der Waals surface area contributed by atoms with E-state index < -0.39 is 47.8 Å². The van der Waals surface area contributed by atoms with Gasteiger partial charge >= 0.3 is 12.1 Å². The summed E-state index contributed by atoms with van der Waals surface area (Å²) in [4.78, 5) is 22.6. The van der Waals surface area contributed by atoms with E-state index in [-0.39, 0.29) is 0 Å². The van der Waals surface area contributed by atoms with Crippen molar-refractivity contribution >= 4 is 11.9 Å². The topological polar surface area (TPSA) is 69.4 Å². The summed E-state index contributed by atoms with van der Waals surface area (Å²) >= 11 is 0. The van der Waals surface area contributed by atoms with Crippen LogP contribution in [0.15, 0.2) is 0 Å². The molecule has 118 valence electrons. The van der Waals surface area contributed by atoms with Crippen molar-refractivity contribution in [3.8, 4) is 0 Å². The van der Waals surface area contributed by atoms with Crippen molar-refractivity contribution in [3.05, 3.63) is 0 Å². The molecule has 2 unspecified atom stereocenters. The molecule has 2 atom stereocenters. The number of amides is 1. The molecule has 0 radical (unpaired) electrons. The van der Waals surface area contributed by atoms with E-state index in [1.54, 1.807) is 0 Å². The van der Waals surface area contributed by atoms with Gasteiger partial charge in [0.05, 0.1) is 5.41 Å². The third-order valence-electron chi connectivity index (χ3n) is 2.85. The number of primary amides is 1. The van der Waals surface area contributed by atoms with Crippen LogP contribution < -0.4 is 5.73 Å². The van der Waals surface area contributed by atoms with Crippen molar-refractivity contribution in [2.75, 3.05) is 0 Å². The van der Waals surface area contributed by atoms with Crippen molar-refractivity contribution in [1.82, 2.24) is 0 Å². The fourth-order valence-corrected chi connectivity index (χ4v) is 1.61. The molecule has 0 saturated heterocycles. The van der Waals surface area contributed by atoms with Crippen LogP contribution in [0.5, 0.6) is 0 Å². The smallest absolute Gasteiger partial charge is 0.425 e. The van der Waals surface area contributed by atoms with Crippen molar-refractivity contribution in [2.24, 2.45) is 23.0 Å². The average Bonchev–Trinajstić information content (AvgIpc) is 2.18. The van der Waals surface area contributed by atoms with Crippen molar-refractivity contribution in [1.29, 1.82) is 0 Å². The van der Waals surface area contributed by atoms with Crippen molar-refractivity contribution in [2.45, 2.75) is 53.3 Å². The standard InChI is InChI=1S/C13H22F3NO3/c1-7(2)8(6-9(17)18)10(13(14,15)16)20-11(19)12(3,4)5/h7-8,10H,6H2,1-5H3,(H2,17,18). The minimum Gasteiger partial charge on any atom is -0.452 e. The summed E-state index contributed by atoms with van der Waals surface area (Å²) < 4.78 is 43.9. The normalized spacial score (nSPS) is 15.8. The van der Waals surface area contributed by atoms with Gasteiger partial charge in [-0.1, -0.05) is 13.8 Å². The maximum atomic E-state index is 13.1. The van der Waals surface area contributed by atoms with Gasteiger partial charge in [0.25, 0.3) is 0 Å². The zero-order chi connectivity index (χ0) is 16.3. The summed E-state index contributed by atoms with van der Waals surface area (Å²) in [6.07, 6.45) is -7.56. The molecule has 0 heterocycles. The zero-order valence-corrected chi connectivity index (χ0v) is 12.4. The molecule has 0 aliphatic heterocycles. The molecule has 2 N–H and O–H groups in total. The lowest BCUT2D eigenvalue weighted by atomic mass is 9.86. The van der Waals surface area contributed by atoms with E-state index >= 15 is 0 Å². The molecule has 7 heteroatoms. The van der Waals surface area contributed by atoms with E-state index in [0.29, 0.717) is 0 Å². The van der Waals surface area contributed by atoms with Gasteiger partial charge in [0.1, 0.15) is 0 Å². The summed E-state index contributed by atoms with van der Waals surface area (Å²) in [6, 6.07) is 0. The van der Waals surface area contributed by atoms with Gasteiger partial charge in [-0.3, -0.25) is 9.59 Å². The van der Waals surface area contributed by atoms with Crippen LogP contribution in [0.25, 0.3) is 0 Å². The lowest BCUT2D eigenvalue weighted by molar-refractivity contribution is -0.241. The predicted molar refractivity (Wildman–Crippen MR) is 67.5 cm³/mol. The number of halogens is 3. The minimum atomic E-state index is -4.74. The Hall–Kier alpha value is -1.27. The Labute approximate surface area is 116 Å². The molecule has 0 fully saturated rings. The number of hydrogen-bond donors (Lipinski definition) is 1. The number of ether oxygens (including phenoxy) is 1. The third kappa shape index (κ3) is 5.79. The van der Waals surface area contributed by atoms with Crippen molar-refractivity contribution < 1.29 is 27.5 Å². The Balaban J connectivity index is 5.33. The monoisotopic (exact) mass is 297 g/mol. The second-order valence-electron chi connectivity index (χ2n) is 6.20. The zero-order valence-electron chi connectivity index (χ0n) is 12.4. The molecule has 0 aliphatic rings. The molecular formula is C13H22F3NO3. The maximum Gasteiger partial charge on any atom is 0.425 e. The second kappa shape index (κ2) is 6.45. The van der Waals surface area contributed by atoms with E-state index in [2.05, 4.69) is 4.74 Å². The highest BCUT2D eigenvalue weighted by Crippen LogP contribution is 2.35. The van der Waals surface area contributed by atoms with Gasteiger partial charge in [-0.25, -0.2) is 0 Å². The van der Waals surface area contributed by atoms with E-state index in [9.17, 15) is 22.8 Å². The first-order valence-electron chi connectivity index (χ1n) is 6.33. The number of carbonyl (C=O) groups is 2. The predicted octanol–water partition coefficient (Wildman–Crippen LogP) is 2.65. The molecule has 4 nitrogen and oxygen atoms in total. The van der Waals surface area contributed by atoms with Gasteiger partial charge in [-0.05, 0) is 26.7 Å². The average molecular weight is 297 g/mol. The number of alkyl halides is 3. The fraction of sp³-hybridized carbons (Fsp3) is 0.846. The van der Waals surface area contributed by atoms with E-state index in [0.717, 1.165) is 0 Å². The van der Waals surface area contributed by atoms with Gasteiger partial charge in [0.15, 0.2) is 0 Å². The number of rotatable bonds is 5. The second-order valence-corrected chi connectivity index (χ2v) is 6.20. The molecule has 0 aromatic carbocycles. The third-order valence-corrected chi connectivity index (χ3v) is 2.85. The van der Waals surface area contributed by atoms with E-state index in [4.69, 9.17) is 5.73 Å². The highest BCUT2D eigenvalue weighted by molar-refractivity contribution is 5.76. The fourth-order valence-electron chi connectivity index (χ4n) is 1.61. The van der Waals surface area contributed by atoms with Crippen molar-refractivity contribution in [3.63, 3.8) is 0 Å². The number of nitrogens with two attached hydrogens (primary N) is 1. The summed E-state index contributed by atoms with van der Waals surface area (Å²) in [5, 5.41) is 0. The Morgan fingerprint density at radius 3 is 1.85 bits per heavy atom. The SMILES string of the molecule is CC(C)C(CC(N)=O)C(OC(=O)C(C)(C)C)C(F)(F)F. The minimum absolute atomic E-state index is 0.487. The van der Waals surface area contributed by atoms with Crippen LogP contribution in [0.1, 0.15) is 41.0 Å². The van der Waals surface area contributed by atoms with Gasteiger partial charge < -0.3 is 10.5 Å². The molecule has 0 spiro atoms. The van der Waals surface area contributed by atoms with Crippen LogP contribution in [-0.4, -0.2) is 24.2 Å². The Morgan fingerprint density at radius 2 is 1.60 bits per heavy atom. The van der Waals surface area contributed by atoms with Crippen LogP contribution in [0.3, 0.4) is 0 Å². The molecule has 0 rings (SSSR count). The first-order valence-corrected chi connectivity index (χ1v) is 6.33. The molecule has 20 heavy (non-hydrogen) atoms. The lowest BCUT2D eigenvalue weighted by Crippen LogP contribution is -2.45. The number of hydrogen-bond acceptors (Lipinski definition) is 3. The number of esters is 1. The summed E-state index contributed by atoms with van der Waals surface area (Å²) in [5.41, 5.74) is 3.92. The highest BCUT2D eigenvalue weighted by Gasteiger charge is 2.50. The van der Waals surface area contributed by atoms with Crippen LogP contribution in [0.2, 0.25) is 0 Å². The van der Waals surface area contributed by atoms with E-state index in [1.165, 1.54) is 34.6 Å². The molecule has 0 aromatic rings. The number of carbonyl (C=O) groups excluding carboxylic acids is 2. The summed E-state index contributed by atoms with van der Waals surface area (Å²) in [7, 11) is 0.